The number of amides is 2. The second kappa shape index (κ2) is 7.37. The molecular formula is C13H14N2O4S2. The number of carbonyl (C=O) groups excluding carboxylic acids is 2. The number of aliphatic carboxylic acids is 1. The fourth-order valence-electron chi connectivity index (χ4n) is 1.75. The van der Waals surface area contributed by atoms with Crippen molar-refractivity contribution in [2.45, 2.75) is 18.2 Å². The van der Waals surface area contributed by atoms with E-state index < -0.39 is 5.97 Å². The van der Waals surface area contributed by atoms with E-state index in [0.717, 1.165) is 5.01 Å². The van der Waals surface area contributed by atoms with Gasteiger partial charge in [-0.2, -0.15) is 5.01 Å². The lowest BCUT2D eigenvalue weighted by Gasteiger charge is -2.34. The standard InChI is InChI=1S/C13H14N2O4S2/c16-10-6-7-11(17)15(10)14-8-2-1-4-12(14)21-20-9-3-5-13(18)19/h1-2,4,6-8,12H,3,5,9H2,(H,18,19). The van der Waals surface area contributed by atoms with Crippen LogP contribution in [0.1, 0.15) is 12.8 Å². The van der Waals surface area contributed by atoms with Gasteiger partial charge in [0.1, 0.15) is 5.37 Å². The minimum atomic E-state index is -0.804. The van der Waals surface area contributed by atoms with E-state index in [0.29, 0.717) is 12.2 Å². The largest absolute Gasteiger partial charge is 0.481 e. The van der Waals surface area contributed by atoms with Gasteiger partial charge in [-0.05, 0) is 18.6 Å². The van der Waals surface area contributed by atoms with Crippen LogP contribution in [0.4, 0.5) is 0 Å². The summed E-state index contributed by atoms with van der Waals surface area (Å²) < 4.78 is 0. The van der Waals surface area contributed by atoms with Gasteiger partial charge in [0.25, 0.3) is 11.8 Å². The summed E-state index contributed by atoms with van der Waals surface area (Å²) in [6.07, 6.45) is 10.4. The molecule has 0 aliphatic carbocycles. The van der Waals surface area contributed by atoms with Gasteiger partial charge in [0, 0.05) is 30.5 Å². The average molecular weight is 326 g/mol. The van der Waals surface area contributed by atoms with Gasteiger partial charge in [-0.15, -0.1) is 0 Å². The predicted octanol–water partition coefficient (Wildman–Crippen LogP) is 1.78. The fraction of sp³-hybridized carbons (Fsp3) is 0.308. The molecule has 0 radical (unpaired) electrons. The minimum absolute atomic E-state index is 0.144. The number of hydrogen-bond donors (Lipinski definition) is 1. The molecule has 6 nitrogen and oxygen atoms in total. The van der Waals surface area contributed by atoms with Crippen molar-refractivity contribution in [3.63, 3.8) is 0 Å². The number of carboxylic acids is 1. The maximum absolute atomic E-state index is 11.7. The summed E-state index contributed by atoms with van der Waals surface area (Å²) in [5.74, 6) is -0.830. The lowest BCUT2D eigenvalue weighted by atomic mass is 10.3. The molecule has 8 heteroatoms. The SMILES string of the molecule is O=C(O)CCCSSC1C=CC=CN1N1C(=O)C=CC1=O. The van der Waals surface area contributed by atoms with Gasteiger partial charge in [0.15, 0.2) is 0 Å². The predicted molar refractivity (Wildman–Crippen MR) is 81.8 cm³/mol. The van der Waals surface area contributed by atoms with Crippen LogP contribution in [0.3, 0.4) is 0 Å². The Balaban J connectivity index is 1.87. The van der Waals surface area contributed by atoms with Gasteiger partial charge in [-0.1, -0.05) is 27.7 Å². The van der Waals surface area contributed by atoms with Gasteiger partial charge in [-0.3, -0.25) is 19.4 Å². The monoisotopic (exact) mass is 326 g/mol. The average Bonchev–Trinajstić information content (AvgIpc) is 2.78. The second-order valence-corrected chi connectivity index (χ2v) is 6.84. The van der Waals surface area contributed by atoms with Crippen LogP contribution < -0.4 is 0 Å². The number of allylic oxidation sites excluding steroid dienone is 2. The molecule has 1 atom stereocenters. The number of imide groups is 1. The normalized spacial score (nSPS) is 20.7. The highest BCUT2D eigenvalue weighted by atomic mass is 33.1. The summed E-state index contributed by atoms with van der Waals surface area (Å²) in [5.41, 5.74) is 0. The second-order valence-electron chi connectivity index (χ2n) is 4.23. The van der Waals surface area contributed by atoms with E-state index in [1.54, 1.807) is 17.3 Å². The Bertz CT molecular complexity index is 512. The Morgan fingerprint density at radius 2 is 1.95 bits per heavy atom. The van der Waals surface area contributed by atoms with E-state index in [9.17, 15) is 14.4 Å². The van der Waals surface area contributed by atoms with E-state index in [2.05, 4.69) is 0 Å². The first kappa shape index (κ1) is 15.7. The Kier molecular flexibility index (Phi) is 5.51. The Hall–Kier alpha value is -1.67. The topological polar surface area (TPSA) is 77.9 Å². The van der Waals surface area contributed by atoms with Gasteiger partial charge in [-0.25, -0.2) is 0 Å². The molecule has 0 bridgehead atoms. The molecular weight excluding hydrogens is 312 g/mol. The summed E-state index contributed by atoms with van der Waals surface area (Å²) in [5, 5.41) is 11.1. The number of carbonyl (C=O) groups is 3. The van der Waals surface area contributed by atoms with Gasteiger partial charge >= 0.3 is 5.97 Å². The highest BCUT2D eigenvalue weighted by Gasteiger charge is 2.32. The maximum atomic E-state index is 11.7. The third kappa shape index (κ3) is 4.15. The third-order valence-electron chi connectivity index (χ3n) is 2.69. The van der Waals surface area contributed by atoms with E-state index in [1.165, 1.54) is 33.7 Å². The molecule has 0 aromatic heterocycles. The molecule has 112 valence electrons. The van der Waals surface area contributed by atoms with E-state index in [4.69, 9.17) is 5.11 Å². The number of hydrazine groups is 1. The lowest BCUT2D eigenvalue weighted by molar-refractivity contribution is -0.151. The summed E-state index contributed by atoms with van der Waals surface area (Å²) in [4.78, 5) is 33.9. The molecule has 2 amide bonds. The summed E-state index contributed by atoms with van der Waals surface area (Å²) in [6.45, 7) is 0. The number of nitrogens with zero attached hydrogens (tertiary/aromatic N) is 2. The number of rotatable bonds is 7. The minimum Gasteiger partial charge on any atom is -0.481 e. The zero-order valence-electron chi connectivity index (χ0n) is 11.0. The zero-order chi connectivity index (χ0) is 15.2. The number of carboxylic acid groups (broad SMARTS) is 1. The first-order valence-corrected chi connectivity index (χ1v) is 8.67. The van der Waals surface area contributed by atoms with Crippen molar-refractivity contribution in [2.24, 2.45) is 0 Å². The van der Waals surface area contributed by atoms with Crippen molar-refractivity contribution < 1.29 is 19.5 Å². The van der Waals surface area contributed by atoms with E-state index >= 15 is 0 Å². The Labute approximate surface area is 129 Å². The lowest BCUT2D eigenvalue weighted by Crippen LogP contribution is -2.47. The fourth-order valence-corrected chi connectivity index (χ4v) is 4.17. The van der Waals surface area contributed by atoms with Crippen molar-refractivity contribution in [2.75, 3.05) is 5.75 Å². The molecule has 0 saturated carbocycles. The smallest absolute Gasteiger partial charge is 0.303 e. The zero-order valence-corrected chi connectivity index (χ0v) is 12.7. The van der Waals surface area contributed by atoms with Gasteiger partial charge in [0.05, 0.1) is 0 Å². The molecule has 21 heavy (non-hydrogen) atoms. The van der Waals surface area contributed by atoms with Crippen LogP contribution in [0.25, 0.3) is 0 Å². The molecule has 0 fully saturated rings. The maximum Gasteiger partial charge on any atom is 0.303 e. The Morgan fingerprint density at radius 3 is 2.62 bits per heavy atom. The summed E-state index contributed by atoms with van der Waals surface area (Å²) in [7, 11) is 3.01. The van der Waals surface area contributed by atoms with Crippen LogP contribution >= 0.6 is 21.6 Å². The summed E-state index contributed by atoms with van der Waals surface area (Å²) in [6, 6.07) is 0. The van der Waals surface area contributed by atoms with Crippen molar-refractivity contribution in [1.82, 2.24) is 10.0 Å². The molecule has 1 unspecified atom stereocenters. The van der Waals surface area contributed by atoms with Crippen LogP contribution in [-0.2, 0) is 14.4 Å². The van der Waals surface area contributed by atoms with Crippen LogP contribution in [0.5, 0.6) is 0 Å². The summed E-state index contributed by atoms with van der Waals surface area (Å²) >= 11 is 0. The van der Waals surface area contributed by atoms with Crippen LogP contribution in [0.15, 0.2) is 36.6 Å². The molecule has 0 aromatic carbocycles. The van der Waals surface area contributed by atoms with Crippen molar-refractivity contribution >= 4 is 39.4 Å². The molecule has 0 aromatic rings. The number of hydrogen-bond acceptors (Lipinski definition) is 6. The van der Waals surface area contributed by atoms with Crippen molar-refractivity contribution in [1.29, 1.82) is 0 Å². The first-order chi connectivity index (χ1) is 10.1. The van der Waals surface area contributed by atoms with Crippen molar-refractivity contribution in [3.8, 4) is 0 Å². The van der Waals surface area contributed by atoms with Gasteiger partial charge in [0.2, 0.25) is 0 Å². The first-order valence-electron chi connectivity index (χ1n) is 6.29. The van der Waals surface area contributed by atoms with E-state index in [-0.39, 0.29) is 23.6 Å². The third-order valence-corrected chi connectivity index (χ3v) is 5.35. The highest BCUT2D eigenvalue weighted by Crippen LogP contribution is 2.33. The molecule has 0 spiro atoms. The van der Waals surface area contributed by atoms with Gasteiger partial charge < -0.3 is 5.11 Å². The molecule has 0 saturated heterocycles. The quantitative estimate of drug-likeness (QED) is 0.434. The van der Waals surface area contributed by atoms with Crippen LogP contribution in [0.2, 0.25) is 0 Å². The molecule has 2 rings (SSSR count). The molecule has 2 aliphatic heterocycles. The highest BCUT2D eigenvalue weighted by molar-refractivity contribution is 8.77. The van der Waals surface area contributed by atoms with Crippen LogP contribution in [-0.4, -0.2) is 44.0 Å². The molecule has 1 N–H and O–H groups in total. The molecule has 2 aliphatic rings. The molecule has 2 heterocycles. The Morgan fingerprint density at radius 1 is 1.24 bits per heavy atom. The van der Waals surface area contributed by atoms with Crippen molar-refractivity contribution in [3.05, 3.63) is 36.6 Å². The van der Waals surface area contributed by atoms with E-state index in [1.807, 2.05) is 12.2 Å². The van der Waals surface area contributed by atoms with Crippen LogP contribution in [0, 0.1) is 0 Å².